The largest absolute Gasteiger partial charge is 0.404 e. The van der Waals surface area contributed by atoms with Gasteiger partial charge in [0.15, 0.2) is 5.65 Å². The molecule has 1 aliphatic heterocycles. The second-order valence-electron chi connectivity index (χ2n) is 9.42. The van der Waals surface area contributed by atoms with Crippen LogP contribution in [0.25, 0.3) is 11.0 Å². The topological polar surface area (TPSA) is 91.9 Å². The Morgan fingerprint density at radius 2 is 1.74 bits per heavy atom. The molecule has 1 saturated heterocycles. The fraction of sp³-hybridized carbons (Fsp3) is 0.286. The second kappa shape index (κ2) is 12.0. The number of aromatic nitrogens is 2. The lowest BCUT2D eigenvalue weighted by Gasteiger charge is -2.36. The minimum absolute atomic E-state index is 0.246. The van der Waals surface area contributed by atoms with Gasteiger partial charge < -0.3 is 10.2 Å². The molecule has 1 atom stereocenters. The van der Waals surface area contributed by atoms with Crippen LogP contribution in [0.15, 0.2) is 78.0 Å². The van der Waals surface area contributed by atoms with Gasteiger partial charge in [-0.15, -0.1) is 0 Å². The van der Waals surface area contributed by atoms with Gasteiger partial charge in [-0.25, -0.2) is 9.19 Å². The van der Waals surface area contributed by atoms with Gasteiger partial charge in [-0.2, -0.15) is 8.18 Å². The van der Waals surface area contributed by atoms with E-state index in [0.717, 1.165) is 51.3 Å². The summed E-state index contributed by atoms with van der Waals surface area (Å²) in [5.74, 6) is -0.290. The van der Waals surface area contributed by atoms with E-state index < -0.39 is 10.0 Å². The van der Waals surface area contributed by atoms with E-state index in [1.165, 1.54) is 10.2 Å². The molecule has 0 saturated carbocycles. The van der Waals surface area contributed by atoms with E-state index in [9.17, 15) is 13.2 Å². The van der Waals surface area contributed by atoms with E-state index in [2.05, 4.69) is 20.1 Å². The number of hydrogen-bond donors (Lipinski definition) is 1. The van der Waals surface area contributed by atoms with Crippen LogP contribution in [0.1, 0.15) is 23.2 Å². The molecule has 11 heteroatoms. The molecule has 0 bridgehead atoms. The molecule has 1 amide bonds. The number of pyridine rings is 1. The normalized spacial score (nSPS) is 15.8. The molecule has 1 aliphatic rings. The molecule has 2 N–H and O–H groups in total. The third-order valence-corrected chi connectivity index (χ3v) is 9.43. The molecule has 5 rings (SSSR count). The van der Waals surface area contributed by atoms with Gasteiger partial charge in [-0.1, -0.05) is 47.5 Å². The minimum Gasteiger partial charge on any atom is -0.368 e. The highest BCUT2D eigenvalue weighted by Crippen LogP contribution is 2.33. The first kappa shape index (κ1) is 27.5. The smallest absolute Gasteiger partial charge is 0.368 e. The summed E-state index contributed by atoms with van der Waals surface area (Å²) < 4.78 is 25.5. The molecule has 3 heterocycles. The lowest BCUT2D eigenvalue weighted by Crippen LogP contribution is -2.46. The van der Waals surface area contributed by atoms with Gasteiger partial charge >= 0.3 is 10.0 Å². The van der Waals surface area contributed by atoms with Crippen molar-refractivity contribution in [2.24, 2.45) is 0 Å². The van der Waals surface area contributed by atoms with Crippen molar-refractivity contribution >= 4 is 55.9 Å². The first-order valence-corrected chi connectivity index (χ1v) is 15.1. The van der Waals surface area contributed by atoms with Gasteiger partial charge in [0.1, 0.15) is 4.90 Å². The summed E-state index contributed by atoms with van der Waals surface area (Å²) in [6, 6.07) is 17.5. The van der Waals surface area contributed by atoms with Gasteiger partial charge in [0, 0.05) is 50.5 Å². The Labute approximate surface area is 238 Å². The lowest BCUT2D eigenvalue weighted by molar-refractivity contribution is 0.0954. The fourth-order valence-electron chi connectivity index (χ4n) is 4.82. The summed E-state index contributed by atoms with van der Waals surface area (Å²) in [4.78, 5) is 22.3. The number of unbranched alkanes of at least 4 members (excludes halogenated alkanes) is 1. The zero-order valence-corrected chi connectivity index (χ0v) is 23.6. The highest BCUT2D eigenvalue weighted by atomic mass is 35.5. The molecule has 2 aromatic heterocycles. The van der Waals surface area contributed by atoms with Gasteiger partial charge in [0.25, 0.3) is 5.91 Å². The highest BCUT2D eigenvalue weighted by Gasteiger charge is 2.28. The second-order valence-corrected chi connectivity index (χ2v) is 12.1. The number of piperazine rings is 1. The molecular weight excluding hydrogens is 557 g/mol. The Bertz CT molecular complexity index is 1570. The number of carbonyl (C=O) groups is 1. The van der Waals surface area contributed by atoms with Crippen molar-refractivity contribution in [2.45, 2.75) is 17.7 Å². The quantitative estimate of drug-likeness (QED) is 0.218. The summed E-state index contributed by atoms with van der Waals surface area (Å²) in [6.07, 6.45) is 4.74. The van der Waals surface area contributed by atoms with E-state index in [1.54, 1.807) is 54.7 Å². The van der Waals surface area contributed by atoms with Crippen LogP contribution in [0.3, 0.4) is 0 Å². The van der Waals surface area contributed by atoms with Crippen LogP contribution in [-0.2, 0) is 10.0 Å². The van der Waals surface area contributed by atoms with E-state index in [-0.39, 0.29) is 16.4 Å². The van der Waals surface area contributed by atoms with Crippen molar-refractivity contribution in [3.05, 3.63) is 88.7 Å². The number of halogens is 2. The summed E-state index contributed by atoms with van der Waals surface area (Å²) in [7, 11) is -3.64. The van der Waals surface area contributed by atoms with Gasteiger partial charge in [-0.3, -0.25) is 9.69 Å². The number of hydrogen-bond acceptors (Lipinski definition) is 5. The first-order chi connectivity index (χ1) is 18.9. The molecule has 0 aliphatic carbocycles. The Balaban J connectivity index is 1.14. The molecule has 1 fully saturated rings. The maximum Gasteiger partial charge on any atom is 0.404 e. The number of carbonyl (C=O) groups excluding carboxylic acids is 1. The zero-order valence-electron chi connectivity index (χ0n) is 21.3. The van der Waals surface area contributed by atoms with Crippen LogP contribution < -0.4 is 10.2 Å². The third-order valence-electron chi connectivity index (χ3n) is 6.92. The summed E-state index contributed by atoms with van der Waals surface area (Å²) in [5, 5.41) is 4.67. The molecule has 8 nitrogen and oxygen atoms in total. The van der Waals surface area contributed by atoms with Gasteiger partial charge in [-0.05, 0) is 55.8 Å². The predicted octanol–water partition coefficient (Wildman–Crippen LogP) is 5.07. The first-order valence-electron chi connectivity index (χ1n) is 12.8. The average Bonchev–Trinajstić information content (AvgIpc) is 3.36. The van der Waals surface area contributed by atoms with Crippen molar-refractivity contribution < 1.29 is 13.2 Å². The van der Waals surface area contributed by atoms with Crippen LogP contribution >= 0.6 is 23.2 Å². The minimum atomic E-state index is -3.64. The summed E-state index contributed by atoms with van der Waals surface area (Å²) in [6.45, 7) is 5.09. The Hall–Kier alpha value is -3.11. The SMILES string of the molecule is O=C(NCCCCN1CCN(c2cccc(Cl)c2Cl)CC1)c1cn(S(=O)(=[OH+])c2ccccc2)c2ncccc12. The zero-order chi connectivity index (χ0) is 27.4. The number of rotatable bonds is 9. The number of nitrogens with zero attached hydrogens (tertiary/aromatic N) is 4. The average molecular weight is 588 g/mol. The number of fused-ring (bicyclic) bond motifs is 1. The Morgan fingerprint density at radius 3 is 2.51 bits per heavy atom. The maximum atomic E-state index is 13.3. The van der Waals surface area contributed by atoms with Crippen LogP contribution in [0.2, 0.25) is 10.0 Å². The van der Waals surface area contributed by atoms with Crippen molar-refractivity contribution in [1.29, 1.82) is 0 Å². The van der Waals surface area contributed by atoms with Crippen molar-refractivity contribution in [3.63, 3.8) is 0 Å². The monoisotopic (exact) mass is 586 g/mol. The number of nitrogens with one attached hydrogen (secondary N) is 1. The van der Waals surface area contributed by atoms with Crippen LogP contribution in [-0.4, -0.2) is 67.4 Å². The number of benzene rings is 2. The van der Waals surface area contributed by atoms with Crippen LogP contribution in [0.5, 0.6) is 0 Å². The molecule has 2 aromatic carbocycles. The summed E-state index contributed by atoms with van der Waals surface area (Å²) in [5.41, 5.74) is 1.59. The van der Waals surface area contributed by atoms with E-state index >= 15 is 0 Å². The summed E-state index contributed by atoms with van der Waals surface area (Å²) >= 11 is 12.6. The van der Waals surface area contributed by atoms with E-state index in [1.807, 2.05) is 12.1 Å². The third kappa shape index (κ3) is 5.91. The van der Waals surface area contributed by atoms with E-state index in [0.29, 0.717) is 27.5 Å². The maximum absolute atomic E-state index is 13.3. The highest BCUT2D eigenvalue weighted by molar-refractivity contribution is 7.90. The van der Waals surface area contributed by atoms with Crippen molar-refractivity contribution in [2.75, 3.05) is 44.2 Å². The van der Waals surface area contributed by atoms with Gasteiger partial charge in [0.2, 0.25) is 0 Å². The Morgan fingerprint density at radius 1 is 0.974 bits per heavy atom. The molecular formula is C28H30Cl2N5O3S+. The van der Waals surface area contributed by atoms with Crippen molar-refractivity contribution in [1.82, 2.24) is 19.2 Å². The molecule has 4 aromatic rings. The van der Waals surface area contributed by atoms with Gasteiger partial charge in [0.05, 0.1) is 21.3 Å². The fourth-order valence-corrected chi connectivity index (χ4v) is 6.60. The molecule has 1 unspecified atom stereocenters. The number of amides is 1. The standard InChI is InChI=1S/C28H29Cl2N5O3S/c29-24-11-6-12-25(26(24)30)34-18-16-33(17-19-34)15-5-4-13-32-28(36)23-20-35(27-22(23)10-7-14-31-27)39(37,38)21-8-2-1-3-9-21/h1-3,6-12,14,20H,4-5,13,15-19H2,(H,32,36)/p+1. The lowest BCUT2D eigenvalue weighted by atomic mass is 10.2. The van der Waals surface area contributed by atoms with E-state index in [4.69, 9.17) is 23.2 Å². The molecule has 0 spiro atoms. The molecule has 0 radical (unpaired) electrons. The molecule has 39 heavy (non-hydrogen) atoms. The van der Waals surface area contributed by atoms with Crippen LogP contribution in [0, 0.1) is 0 Å². The van der Waals surface area contributed by atoms with Crippen molar-refractivity contribution in [3.8, 4) is 0 Å². The predicted molar refractivity (Wildman–Crippen MR) is 157 cm³/mol. The molecule has 204 valence electrons. The van der Waals surface area contributed by atoms with Crippen LogP contribution in [0.4, 0.5) is 5.69 Å². The number of anilines is 1. The Kier molecular flexibility index (Phi) is 8.42.